The summed E-state index contributed by atoms with van der Waals surface area (Å²) in [5.74, 6) is 0.236. The second-order valence-electron chi connectivity index (χ2n) is 8.18. The van der Waals surface area contributed by atoms with Gasteiger partial charge >= 0.3 is 0 Å². The Bertz CT molecular complexity index is 991. The van der Waals surface area contributed by atoms with Crippen LogP contribution in [0.4, 0.5) is 10.3 Å². The van der Waals surface area contributed by atoms with Gasteiger partial charge in [-0.05, 0) is 43.4 Å². The molecule has 0 spiro atoms. The molecule has 2 fully saturated rings. The Kier molecular flexibility index (Phi) is 6.04. The van der Waals surface area contributed by atoms with E-state index in [9.17, 15) is 12.8 Å². The highest BCUT2D eigenvalue weighted by molar-refractivity contribution is 7.86. The molecular formula is C21H28FN5O2S. The molecule has 0 unspecified atom stereocenters. The van der Waals surface area contributed by atoms with E-state index in [1.165, 1.54) is 12.1 Å². The molecular weight excluding hydrogens is 405 g/mol. The van der Waals surface area contributed by atoms with Crippen LogP contribution in [0.1, 0.15) is 37.3 Å². The summed E-state index contributed by atoms with van der Waals surface area (Å²) in [6.45, 7) is 2.13. The molecule has 3 heterocycles. The zero-order chi connectivity index (χ0) is 21.3. The summed E-state index contributed by atoms with van der Waals surface area (Å²) in [4.78, 5) is 11.1. The first kappa shape index (κ1) is 21.1. The summed E-state index contributed by atoms with van der Waals surface area (Å²) in [5, 5.41) is 0. The number of anilines is 1. The van der Waals surface area contributed by atoms with Crippen LogP contribution in [-0.2, 0) is 10.2 Å². The SMILES string of the molecule is CN(C)c1ncc(-c2ccc(F)cc2)c([C@H]2CCCN(S(=O)(=O)N3CCCC3)C2)n1. The lowest BCUT2D eigenvalue weighted by Crippen LogP contribution is -2.46. The summed E-state index contributed by atoms with van der Waals surface area (Å²) in [5.41, 5.74) is 2.48. The van der Waals surface area contributed by atoms with E-state index in [1.807, 2.05) is 19.0 Å². The molecule has 162 valence electrons. The molecule has 0 radical (unpaired) electrons. The molecule has 1 aromatic heterocycles. The van der Waals surface area contributed by atoms with Crippen molar-refractivity contribution in [1.82, 2.24) is 18.6 Å². The second kappa shape index (κ2) is 8.56. The first-order valence-electron chi connectivity index (χ1n) is 10.4. The predicted molar refractivity (Wildman–Crippen MR) is 115 cm³/mol. The number of halogens is 1. The Balaban J connectivity index is 1.69. The van der Waals surface area contributed by atoms with Crippen LogP contribution in [0.2, 0.25) is 0 Å². The van der Waals surface area contributed by atoms with Crippen molar-refractivity contribution in [2.24, 2.45) is 0 Å². The minimum atomic E-state index is -3.45. The van der Waals surface area contributed by atoms with Gasteiger partial charge in [0.1, 0.15) is 5.82 Å². The van der Waals surface area contributed by atoms with Gasteiger partial charge in [-0.2, -0.15) is 17.0 Å². The van der Waals surface area contributed by atoms with E-state index in [4.69, 9.17) is 4.98 Å². The van der Waals surface area contributed by atoms with Crippen molar-refractivity contribution in [3.8, 4) is 11.1 Å². The summed E-state index contributed by atoms with van der Waals surface area (Å²) in [7, 11) is 0.304. The van der Waals surface area contributed by atoms with E-state index in [0.29, 0.717) is 32.1 Å². The lowest BCUT2D eigenvalue weighted by Gasteiger charge is -2.34. The van der Waals surface area contributed by atoms with Crippen LogP contribution in [-0.4, -0.2) is 67.3 Å². The van der Waals surface area contributed by atoms with Crippen molar-refractivity contribution in [2.75, 3.05) is 45.2 Å². The van der Waals surface area contributed by atoms with Crippen molar-refractivity contribution in [3.05, 3.63) is 42.0 Å². The number of rotatable bonds is 5. The van der Waals surface area contributed by atoms with Crippen LogP contribution in [0.3, 0.4) is 0 Å². The Morgan fingerprint density at radius 2 is 1.70 bits per heavy atom. The molecule has 7 nitrogen and oxygen atoms in total. The minimum Gasteiger partial charge on any atom is -0.347 e. The van der Waals surface area contributed by atoms with Gasteiger partial charge in [-0.1, -0.05) is 12.1 Å². The van der Waals surface area contributed by atoms with Gasteiger partial charge in [-0.3, -0.25) is 0 Å². The van der Waals surface area contributed by atoms with Crippen molar-refractivity contribution in [2.45, 2.75) is 31.6 Å². The van der Waals surface area contributed by atoms with Gasteiger partial charge in [0, 0.05) is 58.0 Å². The lowest BCUT2D eigenvalue weighted by atomic mass is 9.91. The van der Waals surface area contributed by atoms with Crippen molar-refractivity contribution in [3.63, 3.8) is 0 Å². The van der Waals surface area contributed by atoms with Crippen LogP contribution in [0.5, 0.6) is 0 Å². The molecule has 2 aliphatic rings. The molecule has 0 aliphatic carbocycles. The summed E-state index contributed by atoms with van der Waals surface area (Å²) < 4.78 is 42.9. The molecule has 30 heavy (non-hydrogen) atoms. The standard InChI is InChI=1S/C21H28FN5O2S/c1-25(2)21-23-14-19(16-7-9-18(22)10-8-16)20(24-21)17-6-5-13-27(15-17)30(28,29)26-11-3-4-12-26/h7-10,14,17H,3-6,11-13,15H2,1-2H3/t17-/m0/s1. The maximum Gasteiger partial charge on any atom is 0.281 e. The fourth-order valence-corrected chi connectivity index (χ4v) is 6.00. The zero-order valence-electron chi connectivity index (χ0n) is 17.5. The third-order valence-corrected chi connectivity index (χ3v) is 7.85. The van der Waals surface area contributed by atoms with Crippen molar-refractivity contribution in [1.29, 1.82) is 0 Å². The molecule has 1 atom stereocenters. The molecule has 2 aromatic rings. The Morgan fingerprint density at radius 1 is 1.03 bits per heavy atom. The van der Waals surface area contributed by atoms with Gasteiger partial charge in [-0.25, -0.2) is 14.4 Å². The van der Waals surface area contributed by atoms with Crippen LogP contribution >= 0.6 is 0 Å². The molecule has 2 aliphatic heterocycles. The molecule has 0 N–H and O–H groups in total. The molecule has 0 saturated carbocycles. The number of nitrogens with zero attached hydrogens (tertiary/aromatic N) is 5. The van der Waals surface area contributed by atoms with E-state index in [0.717, 1.165) is 42.5 Å². The normalized spacial score (nSPS) is 21.1. The number of piperidine rings is 1. The average molecular weight is 434 g/mol. The highest BCUT2D eigenvalue weighted by Gasteiger charge is 2.36. The van der Waals surface area contributed by atoms with E-state index in [2.05, 4.69) is 4.98 Å². The maximum atomic E-state index is 13.4. The molecule has 9 heteroatoms. The molecule has 0 amide bonds. The second-order valence-corrected chi connectivity index (χ2v) is 10.1. The van der Waals surface area contributed by atoms with Gasteiger partial charge in [0.05, 0.1) is 5.69 Å². The van der Waals surface area contributed by atoms with Gasteiger partial charge in [-0.15, -0.1) is 0 Å². The summed E-state index contributed by atoms with van der Waals surface area (Å²) in [6, 6.07) is 6.27. The molecule has 4 rings (SSSR count). The van der Waals surface area contributed by atoms with Gasteiger partial charge in [0.25, 0.3) is 10.2 Å². The van der Waals surface area contributed by atoms with Gasteiger partial charge in [0.2, 0.25) is 5.95 Å². The van der Waals surface area contributed by atoms with E-state index >= 15 is 0 Å². The molecule has 2 saturated heterocycles. The number of benzene rings is 1. The minimum absolute atomic E-state index is 0.0436. The number of hydrogen-bond acceptors (Lipinski definition) is 5. The van der Waals surface area contributed by atoms with Gasteiger partial charge in [0.15, 0.2) is 0 Å². The van der Waals surface area contributed by atoms with Crippen LogP contribution in [0.25, 0.3) is 11.1 Å². The van der Waals surface area contributed by atoms with Crippen LogP contribution in [0, 0.1) is 5.82 Å². The maximum absolute atomic E-state index is 13.4. The van der Waals surface area contributed by atoms with E-state index in [1.54, 1.807) is 26.9 Å². The summed E-state index contributed by atoms with van der Waals surface area (Å²) in [6.07, 6.45) is 5.23. The van der Waals surface area contributed by atoms with Crippen molar-refractivity contribution < 1.29 is 12.8 Å². The predicted octanol–water partition coefficient (Wildman–Crippen LogP) is 2.87. The Labute approximate surface area is 177 Å². The Morgan fingerprint density at radius 3 is 2.37 bits per heavy atom. The summed E-state index contributed by atoms with van der Waals surface area (Å²) >= 11 is 0. The first-order chi connectivity index (χ1) is 14.4. The smallest absolute Gasteiger partial charge is 0.281 e. The van der Waals surface area contributed by atoms with E-state index < -0.39 is 10.2 Å². The van der Waals surface area contributed by atoms with Crippen LogP contribution < -0.4 is 4.90 Å². The quantitative estimate of drug-likeness (QED) is 0.725. The largest absolute Gasteiger partial charge is 0.347 e. The van der Waals surface area contributed by atoms with Gasteiger partial charge < -0.3 is 4.90 Å². The topological polar surface area (TPSA) is 69.6 Å². The van der Waals surface area contributed by atoms with E-state index in [-0.39, 0.29) is 11.7 Å². The third-order valence-electron chi connectivity index (χ3n) is 5.85. The molecule has 0 bridgehead atoms. The Hall–Kier alpha value is -2.10. The molecule has 1 aromatic carbocycles. The number of hydrogen-bond donors (Lipinski definition) is 0. The fourth-order valence-electron chi connectivity index (χ4n) is 4.22. The highest BCUT2D eigenvalue weighted by Crippen LogP contribution is 2.35. The van der Waals surface area contributed by atoms with Crippen molar-refractivity contribution >= 4 is 16.2 Å². The highest BCUT2D eigenvalue weighted by atomic mass is 32.2. The third kappa shape index (κ3) is 4.19. The first-order valence-corrected chi connectivity index (χ1v) is 11.8. The zero-order valence-corrected chi connectivity index (χ0v) is 18.3. The fraction of sp³-hybridized carbons (Fsp3) is 0.524. The monoisotopic (exact) mass is 433 g/mol. The van der Waals surface area contributed by atoms with Crippen LogP contribution in [0.15, 0.2) is 30.5 Å². The number of aromatic nitrogens is 2. The lowest BCUT2D eigenvalue weighted by molar-refractivity contribution is 0.290. The average Bonchev–Trinajstić information content (AvgIpc) is 3.30.